The fourth-order valence-corrected chi connectivity index (χ4v) is 3.38. The number of carbonyl (C=O) groups excluding carboxylic acids is 1. The summed E-state index contributed by atoms with van der Waals surface area (Å²) in [6, 6.07) is 12.5. The van der Waals surface area contributed by atoms with E-state index in [4.69, 9.17) is 9.47 Å². The normalized spacial score (nSPS) is 15.4. The Morgan fingerprint density at radius 2 is 1.93 bits per heavy atom. The van der Waals surface area contributed by atoms with Crippen LogP contribution in [0.2, 0.25) is 0 Å². The molecule has 1 aliphatic heterocycles. The van der Waals surface area contributed by atoms with Crippen LogP contribution in [0.15, 0.2) is 42.5 Å². The fraction of sp³-hybridized carbons (Fsp3) is 0.409. The van der Waals surface area contributed by atoms with Gasteiger partial charge in [0.25, 0.3) is 0 Å². The summed E-state index contributed by atoms with van der Waals surface area (Å²) in [5.74, 6) is 1.20. The highest BCUT2D eigenvalue weighted by atomic mass is 19.1. The van der Waals surface area contributed by atoms with Crippen molar-refractivity contribution in [1.82, 2.24) is 10.2 Å². The summed E-state index contributed by atoms with van der Waals surface area (Å²) in [5, 5.41) is 3.04. The summed E-state index contributed by atoms with van der Waals surface area (Å²) in [6.07, 6.45) is 1.93. The van der Waals surface area contributed by atoms with Gasteiger partial charge < -0.3 is 19.7 Å². The number of halogens is 1. The van der Waals surface area contributed by atoms with E-state index in [2.05, 4.69) is 19.2 Å². The highest BCUT2D eigenvalue weighted by molar-refractivity contribution is 5.75. The van der Waals surface area contributed by atoms with Gasteiger partial charge in [-0.2, -0.15) is 0 Å². The SMILES string of the molecule is CC(C)(CNC(=O)N(Cc1ccccc1F)C1CC1)c1ccc2c(c1)OCO2. The zero-order chi connectivity index (χ0) is 19.7. The Bertz CT molecular complexity index is 880. The lowest BCUT2D eigenvalue weighted by atomic mass is 9.84. The van der Waals surface area contributed by atoms with Gasteiger partial charge in [0.2, 0.25) is 6.79 Å². The molecule has 1 N–H and O–H groups in total. The van der Waals surface area contributed by atoms with E-state index in [-0.39, 0.29) is 36.6 Å². The van der Waals surface area contributed by atoms with Crippen molar-refractivity contribution in [2.45, 2.75) is 44.7 Å². The number of urea groups is 1. The molecule has 4 rings (SSSR count). The van der Waals surface area contributed by atoms with Crippen LogP contribution >= 0.6 is 0 Å². The number of nitrogens with one attached hydrogen (secondary N) is 1. The largest absolute Gasteiger partial charge is 0.454 e. The minimum atomic E-state index is -0.288. The third-order valence-corrected chi connectivity index (χ3v) is 5.38. The van der Waals surface area contributed by atoms with Gasteiger partial charge in [0.15, 0.2) is 11.5 Å². The first kappa shape index (κ1) is 18.6. The number of hydrogen-bond donors (Lipinski definition) is 1. The Balaban J connectivity index is 1.42. The van der Waals surface area contributed by atoms with Crippen LogP contribution in [-0.4, -0.2) is 30.3 Å². The van der Waals surface area contributed by atoms with Crippen molar-refractivity contribution in [3.05, 3.63) is 59.4 Å². The molecule has 2 aliphatic rings. The quantitative estimate of drug-likeness (QED) is 0.812. The first-order valence-corrected chi connectivity index (χ1v) is 9.62. The molecule has 28 heavy (non-hydrogen) atoms. The van der Waals surface area contributed by atoms with Gasteiger partial charge in [-0.05, 0) is 36.6 Å². The van der Waals surface area contributed by atoms with Crippen molar-refractivity contribution in [2.75, 3.05) is 13.3 Å². The van der Waals surface area contributed by atoms with E-state index < -0.39 is 0 Å². The average Bonchev–Trinajstić information content (AvgIpc) is 3.41. The lowest BCUT2D eigenvalue weighted by Gasteiger charge is -2.29. The topological polar surface area (TPSA) is 50.8 Å². The second-order valence-electron chi connectivity index (χ2n) is 8.06. The van der Waals surface area contributed by atoms with Gasteiger partial charge >= 0.3 is 6.03 Å². The Morgan fingerprint density at radius 1 is 1.18 bits per heavy atom. The minimum absolute atomic E-state index is 0.153. The second-order valence-corrected chi connectivity index (χ2v) is 8.06. The van der Waals surface area contributed by atoms with Gasteiger partial charge in [0.1, 0.15) is 5.82 Å². The molecule has 1 aliphatic carbocycles. The molecular formula is C22H25FN2O3. The summed E-state index contributed by atoms with van der Waals surface area (Å²) in [7, 11) is 0. The Labute approximate surface area is 164 Å². The van der Waals surface area contributed by atoms with Gasteiger partial charge in [-0.3, -0.25) is 0 Å². The molecular weight excluding hydrogens is 359 g/mol. The molecule has 1 saturated carbocycles. The number of hydrogen-bond acceptors (Lipinski definition) is 3. The van der Waals surface area contributed by atoms with Gasteiger partial charge in [-0.1, -0.05) is 38.1 Å². The van der Waals surface area contributed by atoms with E-state index in [1.165, 1.54) is 6.07 Å². The van der Waals surface area contributed by atoms with E-state index in [1.807, 2.05) is 18.2 Å². The molecule has 0 spiro atoms. The van der Waals surface area contributed by atoms with Crippen LogP contribution in [0.25, 0.3) is 0 Å². The van der Waals surface area contributed by atoms with Gasteiger partial charge in [0, 0.05) is 23.6 Å². The van der Waals surface area contributed by atoms with Gasteiger partial charge in [-0.15, -0.1) is 0 Å². The highest BCUT2D eigenvalue weighted by Crippen LogP contribution is 2.36. The number of amides is 2. The predicted molar refractivity (Wildman–Crippen MR) is 104 cm³/mol. The standard InChI is InChI=1S/C22H25FN2O3/c1-22(2,16-7-10-19-20(11-16)28-14-27-19)13-24-21(26)25(17-8-9-17)12-15-5-3-4-6-18(15)23/h3-7,10-11,17H,8-9,12-14H2,1-2H3,(H,24,26). The third-order valence-electron chi connectivity index (χ3n) is 5.38. The highest BCUT2D eigenvalue weighted by Gasteiger charge is 2.34. The molecule has 0 bridgehead atoms. The van der Waals surface area contributed by atoms with Crippen molar-refractivity contribution in [2.24, 2.45) is 0 Å². The molecule has 1 fully saturated rings. The van der Waals surface area contributed by atoms with Crippen molar-refractivity contribution in [3.63, 3.8) is 0 Å². The van der Waals surface area contributed by atoms with Crippen molar-refractivity contribution in [1.29, 1.82) is 0 Å². The number of nitrogens with zero attached hydrogens (tertiary/aromatic N) is 1. The zero-order valence-electron chi connectivity index (χ0n) is 16.2. The molecule has 2 aromatic rings. The summed E-state index contributed by atoms with van der Waals surface area (Å²) in [6.45, 7) is 5.13. The number of benzene rings is 2. The van der Waals surface area contributed by atoms with Crippen LogP contribution in [0.3, 0.4) is 0 Å². The van der Waals surface area contributed by atoms with Crippen LogP contribution in [0, 0.1) is 5.82 Å². The molecule has 2 aromatic carbocycles. The molecule has 5 nitrogen and oxygen atoms in total. The maximum Gasteiger partial charge on any atom is 0.317 e. The molecule has 0 radical (unpaired) electrons. The van der Waals surface area contributed by atoms with Crippen LogP contribution in [0.4, 0.5) is 9.18 Å². The third kappa shape index (κ3) is 3.91. The summed E-state index contributed by atoms with van der Waals surface area (Å²) >= 11 is 0. The molecule has 0 atom stereocenters. The molecule has 0 aromatic heterocycles. The van der Waals surface area contributed by atoms with Crippen molar-refractivity contribution < 1.29 is 18.7 Å². The molecule has 2 amide bonds. The number of rotatable bonds is 6. The lowest BCUT2D eigenvalue weighted by molar-refractivity contribution is 0.174. The predicted octanol–water partition coefficient (Wildman–Crippen LogP) is 4.21. The van der Waals surface area contributed by atoms with Crippen molar-refractivity contribution in [3.8, 4) is 11.5 Å². The molecule has 148 valence electrons. The monoisotopic (exact) mass is 384 g/mol. The Morgan fingerprint density at radius 3 is 2.68 bits per heavy atom. The van der Waals surface area contributed by atoms with Gasteiger partial charge in [0.05, 0.1) is 6.54 Å². The summed E-state index contributed by atoms with van der Waals surface area (Å²) < 4.78 is 24.9. The van der Waals surface area contributed by atoms with Crippen LogP contribution in [0.5, 0.6) is 11.5 Å². The van der Waals surface area contributed by atoms with E-state index in [9.17, 15) is 9.18 Å². The van der Waals surface area contributed by atoms with E-state index >= 15 is 0 Å². The molecule has 1 heterocycles. The van der Waals surface area contributed by atoms with Crippen LogP contribution < -0.4 is 14.8 Å². The lowest BCUT2D eigenvalue weighted by Crippen LogP contribution is -2.45. The summed E-state index contributed by atoms with van der Waals surface area (Å²) in [5.41, 5.74) is 1.31. The molecule has 0 unspecified atom stereocenters. The maximum atomic E-state index is 14.0. The van der Waals surface area contributed by atoms with E-state index in [0.717, 1.165) is 29.9 Å². The number of ether oxygens (including phenoxy) is 2. The first-order chi connectivity index (χ1) is 13.4. The summed E-state index contributed by atoms with van der Waals surface area (Å²) in [4.78, 5) is 14.6. The first-order valence-electron chi connectivity index (χ1n) is 9.62. The molecule has 6 heteroatoms. The van der Waals surface area contributed by atoms with Crippen molar-refractivity contribution >= 4 is 6.03 Å². The maximum absolute atomic E-state index is 14.0. The van der Waals surface area contributed by atoms with Gasteiger partial charge in [-0.25, -0.2) is 9.18 Å². The number of fused-ring (bicyclic) bond motifs is 1. The van der Waals surface area contributed by atoms with E-state index in [1.54, 1.807) is 23.1 Å². The smallest absolute Gasteiger partial charge is 0.317 e. The Hall–Kier alpha value is -2.76. The fourth-order valence-electron chi connectivity index (χ4n) is 3.38. The number of carbonyl (C=O) groups is 1. The average molecular weight is 384 g/mol. The van der Waals surface area contributed by atoms with Crippen LogP contribution in [0.1, 0.15) is 37.8 Å². The Kier molecular flexibility index (Phi) is 4.87. The second kappa shape index (κ2) is 7.34. The minimum Gasteiger partial charge on any atom is -0.454 e. The molecule has 0 saturated heterocycles. The zero-order valence-corrected chi connectivity index (χ0v) is 16.2. The van der Waals surface area contributed by atoms with Crippen LogP contribution in [-0.2, 0) is 12.0 Å². The van der Waals surface area contributed by atoms with E-state index in [0.29, 0.717) is 12.1 Å².